The summed E-state index contributed by atoms with van der Waals surface area (Å²) >= 11 is 0. The van der Waals surface area contributed by atoms with Gasteiger partial charge >= 0.3 is 12.1 Å². The van der Waals surface area contributed by atoms with E-state index in [1.807, 2.05) is 13.8 Å². The molecule has 0 bridgehead atoms. The number of benzene rings is 1. The summed E-state index contributed by atoms with van der Waals surface area (Å²) in [6.07, 6.45) is -1.19. The van der Waals surface area contributed by atoms with Crippen molar-refractivity contribution >= 4 is 5.97 Å². The molecular formula is C16H20F4O2. The molecule has 0 aliphatic carbocycles. The summed E-state index contributed by atoms with van der Waals surface area (Å²) in [6, 6.07) is 1.94. The number of unbranched alkanes of at least 4 members (excludes halogenated alkanes) is 1. The lowest BCUT2D eigenvalue weighted by atomic mass is 10.0. The Kier molecular flexibility index (Phi) is 6.84. The van der Waals surface area contributed by atoms with Gasteiger partial charge in [0.2, 0.25) is 0 Å². The first-order valence-corrected chi connectivity index (χ1v) is 7.33. The second-order valence-electron chi connectivity index (χ2n) is 5.20. The smallest absolute Gasteiger partial charge is 0.417 e. The molecule has 0 amide bonds. The lowest BCUT2D eigenvalue weighted by Gasteiger charge is -2.16. The molecule has 0 spiro atoms. The zero-order valence-electron chi connectivity index (χ0n) is 12.7. The zero-order valence-corrected chi connectivity index (χ0v) is 12.7. The van der Waals surface area contributed by atoms with Crippen LogP contribution in [0.1, 0.15) is 55.5 Å². The molecule has 1 rings (SSSR count). The lowest BCUT2D eigenvalue weighted by molar-refractivity contribution is -0.138. The second-order valence-corrected chi connectivity index (χ2v) is 5.20. The Labute approximate surface area is 127 Å². The van der Waals surface area contributed by atoms with Gasteiger partial charge in [-0.2, -0.15) is 13.2 Å². The summed E-state index contributed by atoms with van der Waals surface area (Å²) in [7, 11) is 0. The molecule has 0 saturated carbocycles. The van der Waals surface area contributed by atoms with E-state index in [2.05, 4.69) is 0 Å². The molecule has 0 saturated heterocycles. The van der Waals surface area contributed by atoms with Gasteiger partial charge in [0.05, 0.1) is 17.7 Å². The average Bonchev–Trinajstić information content (AvgIpc) is 2.46. The molecule has 1 aromatic rings. The van der Waals surface area contributed by atoms with E-state index in [1.54, 1.807) is 0 Å². The Morgan fingerprint density at radius 2 is 1.95 bits per heavy atom. The number of rotatable bonds is 7. The molecular weight excluding hydrogens is 300 g/mol. The molecule has 1 unspecified atom stereocenters. The monoisotopic (exact) mass is 320 g/mol. The molecule has 0 N–H and O–H groups in total. The van der Waals surface area contributed by atoms with Crippen LogP contribution in [0, 0.1) is 11.7 Å². The molecule has 1 aromatic carbocycles. The van der Waals surface area contributed by atoms with Crippen LogP contribution in [0.5, 0.6) is 0 Å². The Hall–Kier alpha value is -1.59. The average molecular weight is 320 g/mol. The summed E-state index contributed by atoms with van der Waals surface area (Å²) < 4.78 is 56.5. The zero-order chi connectivity index (χ0) is 16.8. The van der Waals surface area contributed by atoms with Crippen LogP contribution < -0.4 is 0 Å². The fourth-order valence-corrected chi connectivity index (χ4v) is 2.10. The van der Waals surface area contributed by atoms with Gasteiger partial charge < -0.3 is 4.74 Å². The van der Waals surface area contributed by atoms with E-state index in [9.17, 15) is 22.4 Å². The maximum Gasteiger partial charge on any atom is 0.417 e. The molecule has 0 aliphatic heterocycles. The molecule has 0 fully saturated rings. The normalized spacial score (nSPS) is 13.0. The van der Waals surface area contributed by atoms with Crippen molar-refractivity contribution < 1.29 is 27.1 Å². The van der Waals surface area contributed by atoms with E-state index >= 15 is 0 Å². The first kappa shape index (κ1) is 18.5. The highest BCUT2D eigenvalue weighted by molar-refractivity contribution is 5.91. The summed E-state index contributed by atoms with van der Waals surface area (Å²) in [6.45, 7) is 4.05. The number of esters is 1. The van der Waals surface area contributed by atoms with Gasteiger partial charge in [-0.05, 0) is 30.5 Å². The Bertz CT molecular complexity index is 497. The van der Waals surface area contributed by atoms with Crippen LogP contribution in [0.25, 0.3) is 0 Å². The van der Waals surface area contributed by atoms with E-state index in [4.69, 9.17) is 4.74 Å². The molecule has 2 nitrogen and oxygen atoms in total. The minimum absolute atomic E-state index is 0.0734. The Morgan fingerprint density at radius 3 is 2.50 bits per heavy atom. The molecule has 0 heterocycles. The predicted octanol–water partition coefficient (Wildman–Crippen LogP) is 5.22. The highest BCUT2D eigenvalue weighted by atomic mass is 19.4. The van der Waals surface area contributed by atoms with E-state index in [-0.39, 0.29) is 12.5 Å². The van der Waals surface area contributed by atoms with Crippen LogP contribution in [0.2, 0.25) is 0 Å². The maximum absolute atomic E-state index is 13.0. The number of hydrogen-bond acceptors (Lipinski definition) is 2. The number of hydrogen-bond donors (Lipinski definition) is 0. The molecule has 22 heavy (non-hydrogen) atoms. The van der Waals surface area contributed by atoms with Gasteiger partial charge in [-0.3, -0.25) is 0 Å². The number of carbonyl (C=O) groups is 1. The van der Waals surface area contributed by atoms with Crippen LogP contribution in [0.3, 0.4) is 0 Å². The Morgan fingerprint density at radius 1 is 1.27 bits per heavy atom. The van der Waals surface area contributed by atoms with Crippen molar-refractivity contribution in [2.75, 3.05) is 6.61 Å². The molecule has 124 valence electrons. The summed E-state index contributed by atoms with van der Waals surface area (Å²) in [5.41, 5.74) is -1.96. The fraction of sp³-hybridized carbons (Fsp3) is 0.562. The second kappa shape index (κ2) is 8.15. The third kappa shape index (κ3) is 5.31. The van der Waals surface area contributed by atoms with E-state index in [0.717, 1.165) is 37.8 Å². The van der Waals surface area contributed by atoms with Crippen molar-refractivity contribution in [1.29, 1.82) is 0 Å². The van der Waals surface area contributed by atoms with Gasteiger partial charge in [-0.25, -0.2) is 9.18 Å². The van der Waals surface area contributed by atoms with Gasteiger partial charge in [-0.15, -0.1) is 0 Å². The summed E-state index contributed by atoms with van der Waals surface area (Å²) in [5.74, 6) is -1.99. The minimum atomic E-state index is -4.80. The maximum atomic E-state index is 13.0. The highest BCUT2D eigenvalue weighted by Gasteiger charge is 2.36. The third-order valence-corrected chi connectivity index (χ3v) is 3.50. The van der Waals surface area contributed by atoms with Crippen molar-refractivity contribution in [2.24, 2.45) is 5.92 Å². The topological polar surface area (TPSA) is 26.3 Å². The van der Waals surface area contributed by atoms with Gasteiger partial charge in [0.15, 0.2) is 0 Å². The van der Waals surface area contributed by atoms with E-state index in [1.165, 1.54) is 0 Å². The number of alkyl halides is 3. The number of carbonyl (C=O) groups excluding carboxylic acids is 1. The largest absolute Gasteiger partial charge is 0.462 e. The van der Waals surface area contributed by atoms with E-state index in [0.29, 0.717) is 6.07 Å². The van der Waals surface area contributed by atoms with Crippen LogP contribution in [0.15, 0.2) is 18.2 Å². The van der Waals surface area contributed by atoms with E-state index < -0.39 is 29.1 Å². The van der Waals surface area contributed by atoms with Crippen LogP contribution in [-0.2, 0) is 10.9 Å². The third-order valence-electron chi connectivity index (χ3n) is 3.50. The summed E-state index contributed by atoms with van der Waals surface area (Å²) in [4.78, 5) is 11.9. The van der Waals surface area contributed by atoms with Crippen molar-refractivity contribution in [2.45, 2.75) is 45.7 Å². The molecule has 1 atom stereocenters. The molecule has 6 heteroatoms. The molecule has 0 radical (unpaired) electrons. The number of halogens is 4. The van der Waals surface area contributed by atoms with Crippen LogP contribution in [0.4, 0.5) is 17.6 Å². The summed E-state index contributed by atoms with van der Waals surface area (Å²) in [5, 5.41) is 0. The van der Waals surface area contributed by atoms with Gasteiger partial charge in [-0.1, -0.05) is 33.1 Å². The van der Waals surface area contributed by atoms with Crippen molar-refractivity contribution in [1.82, 2.24) is 0 Å². The first-order valence-electron chi connectivity index (χ1n) is 7.33. The van der Waals surface area contributed by atoms with Gasteiger partial charge in [0.1, 0.15) is 5.82 Å². The highest BCUT2D eigenvalue weighted by Crippen LogP contribution is 2.33. The van der Waals surface area contributed by atoms with Crippen molar-refractivity contribution in [3.63, 3.8) is 0 Å². The minimum Gasteiger partial charge on any atom is -0.462 e. The SMILES string of the molecule is CCCCC(CC)COC(=O)c1ccc(F)cc1C(F)(F)F. The van der Waals surface area contributed by atoms with Crippen molar-refractivity contribution in [3.8, 4) is 0 Å². The van der Waals surface area contributed by atoms with Gasteiger partial charge in [0, 0.05) is 0 Å². The Balaban J connectivity index is 2.81. The van der Waals surface area contributed by atoms with Crippen LogP contribution in [-0.4, -0.2) is 12.6 Å². The standard InChI is InChI=1S/C16H20F4O2/c1-3-5-6-11(4-2)10-22-15(21)13-8-7-12(17)9-14(13)16(18,19)20/h7-9,11H,3-6,10H2,1-2H3. The molecule has 0 aromatic heterocycles. The predicted molar refractivity (Wildman–Crippen MR) is 75.0 cm³/mol. The van der Waals surface area contributed by atoms with Crippen molar-refractivity contribution in [3.05, 3.63) is 35.1 Å². The quantitative estimate of drug-likeness (QED) is 0.509. The first-order chi connectivity index (χ1) is 10.3. The fourth-order valence-electron chi connectivity index (χ4n) is 2.10. The number of ether oxygens (including phenoxy) is 1. The van der Waals surface area contributed by atoms with Gasteiger partial charge in [0.25, 0.3) is 0 Å². The lowest BCUT2D eigenvalue weighted by Crippen LogP contribution is -2.18. The van der Waals surface area contributed by atoms with Crippen LogP contribution >= 0.6 is 0 Å². The molecule has 0 aliphatic rings.